The first-order valence-electron chi connectivity index (χ1n) is 12.8. The van der Waals surface area contributed by atoms with Crippen LogP contribution in [0.2, 0.25) is 0 Å². The predicted molar refractivity (Wildman–Crippen MR) is 178 cm³/mol. The van der Waals surface area contributed by atoms with Crippen molar-refractivity contribution >= 4 is 47.7 Å². The van der Waals surface area contributed by atoms with E-state index in [2.05, 4.69) is 182 Å². The number of hydrogen-bond acceptors (Lipinski definition) is 0. The molecule has 6 aromatic carbocycles. The molecule has 0 saturated carbocycles. The summed E-state index contributed by atoms with van der Waals surface area (Å²) >= 11 is 0. The van der Waals surface area contributed by atoms with Crippen molar-refractivity contribution in [3.8, 4) is 0 Å². The van der Waals surface area contributed by atoms with Gasteiger partial charge in [0.1, 0.15) is 0 Å². The second-order valence-electron chi connectivity index (χ2n) is 8.68. The molecule has 0 unspecified atom stereocenters. The van der Waals surface area contributed by atoms with E-state index in [1.54, 1.807) is 0 Å². The van der Waals surface area contributed by atoms with Gasteiger partial charge in [-0.1, -0.05) is 182 Å². The number of hydrogen-bond donors (Lipinski definition) is 0. The molecule has 0 aliphatic rings. The van der Waals surface area contributed by atoms with Crippen molar-refractivity contribution < 1.29 is 32.0 Å². The molecule has 210 valence electrons. The Bertz CT molecular complexity index is 1180. The molecular weight excluding hydrogens is 721 g/mol. The van der Waals surface area contributed by atoms with Crippen LogP contribution in [0.4, 0.5) is 0 Å². The monoisotopic (exact) mass is 755 g/mol. The van der Waals surface area contributed by atoms with Crippen LogP contribution in [0.25, 0.3) is 0 Å². The first kappa shape index (κ1) is 34.0. The SMILES string of the molecule is O.O.[Pt].c1ccc(P(c2ccccc2)c2ccccc2)cc1.c1ccc(P(c2ccccc2)c2ccccc2)cc1. The van der Waals surface area contributed by atoms with Gasteiger partial charge in [-0.15, -0.1) is 0 Å². The first-order chi connectivity index (χ1) is 18.9. The molecule has 0 heterocycles. The molecule has 0 aromatic heterocycles. The fraction of sp³-hybridized carbons (Fsp3) is 0. The third-order valence-electron chi connectivity index (χ3n) is 6.09. The van der Waals surface area contributed by atoms with Gasteiger partial charge in [0, 0.05) is 21.1 Å². The average Bonchev–Trinajstić information content (AvgIpc) is 3.01. The van der Waals surface area contributed by atoms with Gasteiger partial charge in [-0.3, -0.25) is 0 Å². The van der Waals surface area contributed by atoms with Gasteiger partial charge in [0.05, 0.1) is 0 Å². The Morgan fingerprint density at radius 2 is 0.341 bits per heavy atom. The van der Waals surface area contributed by atoms with Gasteiger partial charge < -0.3 is 11.0 Å². The van der Waals surface area contributed by atoms with Crippen molar-refractivity contribution in [2.24, 2.45) is 0 Å². The predicted octanol–water partition coefficient (Wildman–Crippen LogP) is 5.24. The van der Waals surface area contributed by atoms with Gasteiger partial charge in [0.25, 0.3) is 0 Å². The van der Waals surface area contributed by atoms with E-state index in [4.69, 9.17) is 0 Å². The quantitative estimate of drug-likeness (QED) is 0.209. The zero-order chi connectivity index (χ0) is 25.8. The van der Waals surface area contributed by atoms with Crippen molar-refractivity contribution in [2.45, 2.75) is 0 Å². The summed E-state index contributed by atoms with van der Waals surface area (Å²) in [4.78, 5) is 0. The molecule has 5 heteroatoms. The van der Waals surface area contributed by atoms with E-state index >= 15 is 0 Å². The van der Waals surface area contributed by atoms with Crippen molar-refractivity contribution in [3.05, 3.63) is 182 Å². The molecule has 0 fully saturated rings. The maximum absolute atomic E-state index is 2.23. The van der Waals surface area contributed by atoms with E-state index in [0.29, 0.717) is 0 Å². The minimum absolute atomic E-state index is 0. The smallest absolute Gasteiger partial charge is 0 e. The Morgan fingerprint density at radius 1 is 0.220 bits per heavy atom. The van der Waals surface area contributed by atoms with E-state index in [-0.39, 0.29) is 32.0 Å². The van der Waals surface area contributed by atoms with Gasteiger partial charge in [-0.05, 0) is 47.7 Å². The van der Waals surface area contributed by atoms with Crippen LogP contribution in [0.1, 0.15) is 0 Å². The molecule has 0 saturated heterocycles. The van der Waals surface area contributed by atoms with Crippen LogP contribution in [-0.2, 0) is 21.1 Å². The second-order valence-corrected chi connectivity index (χ2v) is 13.1. The van der Waals surface area contributed by atoms with Crippen LogP contribution in [-0.4, -0.2) is 11.0 Å². The van der Waals surface area contributed by atoms with E-state index in [0.717, 1.165) is 0 Å². The molecule has 0 atom stereocenters. The summed E-state index contributed by atoms with van der Waals surface area (Å²) < 4.78 is 0. The van der Waals surface area contributed by atoms with Gasteiger partial charge in [-0.2, -0.15) is 0 Å². The first-order valence-corrected chi connectivity index (χ1v) is 15.5. The molecule has 0 radical (unpaired) electrons. The van der Waals surface area contributed by atoms with Crippen LogP contribution in [0.5, 0.6) is 0 Å². The summed E-state index contributed by atoms with van der Waals surface area (Å²) in [6.07, 6.45) is 0. The normalized spacial score (nSPS) is 9.80. The molecule has 0 spiro atoms. The fourth-order valence-electron chi connectivity index (χ4n) is 4.36. The van der Waals surface area contributed by atoms with Crippen molar-refractivity contribution in [1.29, 1.82) is 0 Å². The van der Waals surface area contributed by atoms with Gasteiger partial charge in [-0.25, -0.2) is 0 Å². The zero-order valence-electron chi connectivity index (χ0n) is 22.5. The van der Waals surface area contributed by atoms with Gasteiger partial charge >= 0.3 is 0 Å². The van der Waals surface area contributed by atoms with Gasteiger partial charge in [0.2, 0.25) is 0 Å². The molecule has 4 N–H and O–H groups in total. The summed E-state index contributed by atoms with van der Waals surface area (Å²) in [7, 11) is -0.892. The van der Waals surface area contributed by atoms with E-state index < -0.39 is 15.8 Å². The van der Waals surface area contributed by atoms with Crippen LogP contribution < -0.4 is 31.8 Å². The molecule has 0 aliphatic carbocycles. The third-order valence-corrected chi connectivity index (χ3v) is 11.0. The largest absolute Gasteiger partial charge is 0.412 e. The summed E-state index contributed by atoms with van der Waals surface area (Å²) in [6.45, 7) is 0. The van der Waals surface area contributed by atoms with E-state index in [9.17, 15) is 0 Å². The standard InChI is InChI=1S/2C18H15P.2H2O.Pt/c2*1-4-10-16(11-5-1)19(17-12-6-2-7-13-17)18-14-8-3-9-15-18;;;/h2*1-15H;2*1H2;. The zero-order valence-corrected chi connectivity index (χ0v) is 26.6. The van der Waals surface area contributed by atoms with Crippen molar-refractivity contribution in [1.82, 2.24) is 0 Å². The van der Waals surface area contributed by atoms with Crippen LogP contribution >= 0.6 is 15.8 Å². The summed E-state index contributed by atoms with van der Waals surface area (Å²) in [5.74, 6) is 0. The molecule has 6 rings (SSSR count). The molecule has 0 aliphatic heterocycles. The Kier molecular flexibility index (Phi) is 15.1. The van der Waals surface area contributed by atoms with E-state index in [1.807, 2.05) is 0 Å². The minimum Gasteiger partial charge on any atom is -0.412 e. The van der Waals surface area contributed by atoms with Crippen LogP contribution in [0.3, 0.4) is 0 Å². The van der Waals surface area contributed by atoms with Crippen LogP contribution in [0.15, 0.2) is 182 Å². The second kappa shape index (κ2) is 18.3. The number of benzene rings is 6. The van der Waals surface area contributed by atoms with E-state index in [1.165, 1.54) is 31.8 Å². The summed E-state index contributed by atoms with van der Waals surface area (Å²) in [5.41, 5.74) is 0. The molecule has 0 amide bonds. The molecule has 6 aromatic rings. The topological polar surface area (TPSA) is 63.0 Å². The Labute approximate surface area is 260 Å². The molecule has 0 bridgehead atoms. The minimum atomic E-state index is -0.446. The van der Waals surface area contributed by atoms with Crippen molar-refractivity contribution in [3.63, 3.8) is 0 Å². The van der Waals surface area contributed by atoms with Crippen LogP contribution in [0, 0.1) is 0 Å². The summed E-state index contributed by atoms with van der Waals surface area (Å²) in [6, 6.07) is 64.7. The molecule has 2 nitrogen and oxygen atoms in total. The average molecular weight is 756 g/mol. The molecule has 41 heavy (non-hydrogen) atoms. The maximum Gasteiger partial charge on any atom is 0 e. The fourth-order valence-corrected chi connectivity index (χ4v) is 8.97. The van der Waals surface area contributed by atoms with Crippen molar-refractivity contribution in [2.75, 3.05) is 0 Å². The Balaban J connectivity index is 0.000000267. The number of rotatable bonds is 6. The Morgan fingerprint density at radius 3 is 0.463 bits per heavy atom. The molecular formula is C36H34O2P2Pt. The maximum atomic E-state index is 2.23. The van der Waals surface area contributed by atoms with Gasteiger partial charge in [0.15, 0.2) is 0 Å². The summed E-state index contributed by atoms with van der Waals surface area (Å²) in [5, 5.41) is 8.39. The Hall–Kier alpha value is -3.21. The third kappa shape index (κ3) is 9.41.